The number of aromatic nitrogens is 2. The fourth-order valence-electron chi connectivity index (χ4n) is 3.53. The molecular formula is C22H32N4O4. The molecule has 2 heterocycles. The van der Waals surface area contributed by atoms with Gasteiger partial charge >= 0.3 is 0 Å². The lowest BCUT2D eigenvalue weighted by Gasteiger charge is -2.27. The summed E-state index contributed by atoms with van der Waals surface area (Å²) in [6, 6.07) is 7.91. The topological polar surface area (TPSA) is 80.9 Å². The summed E-state index contributed by atoms with van der Waals surface area (Å²) in [5, 5.41) is 8.20. The van der Waals surface area contributed by atoms with Crippen LogP contribution >= 0.6 is 0 Å². The number of carbonyl (C=O) groups is 1. The molecule has 1 fully saturated rings. The molecule has 8 heteroatoms. The van der Waals surface area contributed by atoms with Gasteiger partial charge in [-0.25, -0.2) is 0 Å². The second-order valence-corrected chi connectivity index (χ2v) is 7.52. The van der Waals surface area contributed by atoms with Gasteiger partial charge in [-0.05, 0) is 24.5 Å². The zero-order valence-corrected chi connectivity index (χ0v) is 18.0. The highest BCUT2D eigenvalue weighted by molar-refractivity contribution is 5.75. The molecule has 1 aliphatic rings. The predicted molar refractivity (Wildman–Crippen MR) is 113 cm³/mol. The standard InChI is InChI=1S/C22H32N4O4/c1-25(12-5-13-26-14-16-29-17-15-26)22(27)11-10-21-24-23-20(30-21)9-8-18-6-3-4-7-19(18)28-2/h3-4,6-7H,5,8-17H2,1-2H3. The lowest BCUT2D eigenvalue weighted by atomic mass is 10.1. The first kappa shape index (κ1) is 22.2. The molecule has 0 bridgehead atoms. The van der Waals surface area contributed by atoms with E-state index in [1.807, 2.05) is 31.3 Å². The van der Waals surface area contributed by atoms with Crippen molar-refractivity contribution in [3.05, 3.63) is 41.6 Å². The van der Waals surface area contributed by atoms with E-state index in [0.29, 0.717) is 31.0 Å². The molecule has 2 aromatic rings. The molecule has 0 aliphatic carbocycles. The summed E-state index contributed by atoms with van der Waals surface area (Å²) < 4.78 is 16.4. The predicted octanol–water partition coefficient (Wildman–Crippen LogP) is 1.98. The third-order valence-corrected chi connectivity index (χ3v) is 5.36. The zero-order valence-electron chi connectivity index (χ0n) is 18.0. The molecule has 30 heavy (non-hydrogen) atoms. The van der Waals surface area contributed by atoms with Crippen molar-refractivity contribution in [3.8, 4) is 5.75 Å². The highest BCUT2D eigenvalue weighted by Crippen LogP contribution is 2.19. The average molecular weight is 417 g/mol. The third-order valence-electron chi connectivity index (χ3n) is 5.36. The van der Waals surface area contributed by atoms with E-state index in [2.05, 4.69) is 15.1 Å². The Morgan fingerprint density at radius 1 is 1.13 bits per heavy atom. The van der Waals surface area contributed by atoms with Crippen LogP contribution in [0.1, 0.15) is 30.2 Å². The molecule has 0 spiro atoms. The van der Waals surface area contributed by atoms with E-state index in [4.69, 9.17) is 13.9 Å². The van der Waals surface area contributed by atoms with Crippen molar-refractivity contribution >= 4 is 5.91 Å². The molecule has 164 valence electrons. The molecule has 1 aliphatic heterocycles. The second-order valence-electron chi connectivity index (χ2n) is 7.52. The molecular weight excluding hydrogens is 384 g/mol. The number of nitrogens with zero attached hydrogens (tertiary/aromatic N) is 4. The van der Waals surface area contributed by atoms with Crippen molar-refractivity contribution in [3.63, 3.8) is 0 Å². The van der Waals surface area contributed by atoms with Crippen LogP contribution in [0.3, 0.4) is 0 Å². The number of hydrogen-bond donors (Lipinski definition) is 0. The molecule has 1 amide bonds. The Balaban J connectivity index is 1.36. The smallest absolute Gasteiger partial charge is 0.222 e. The third kappa shape index (κ3) is 6.81. The van der Waals surface area contributed by atoms with Gasteiger partial charge < -0.3 is 18.8 Å². The first-order valence-electron chi connectivity index (χ1n) is 10.6. The summed E-state index contributed by atoms with van der Waals surface area (Å²) in [5.41, 5.74) is 1.11. The van der Waals surface area contributed by atoms with Crippen LogP contribution in [-0.4, -0.2) is 79.5 Å². The monoisotopic (exact) mass is 416 g/mol. The lowest BCUT2D eigenvalue weighted by molar-refractivity contribution is -0.130. The number of rotatable bonds is 11. The van der Waals surface area contributed by atoms with E-state index >= 15 is 0 Å². The maximum absolute atomic E-state index is 12.4. The van der Waals surface area contributed by atoms with Gasteiger partial charge in [-0.1, -0.05) is 18.2 Å². The fourth-order valence-corrected chi connectivity index (χ4v) is 3.53. The Hall–Kier alpha value is -2.45. The van der Waals surface area contributed by atoms with Crippen LogP contribution < -0.4 is 4.74 Å². The fraction of sp³-hybridized carbons (Fsp3) is 0.591. The number of aryl methyl sites for hydroxylation is 3. The summed E-state index contributed by atoms with van der Waals surface area (Å²) in [6.07, 6.45) is 3.21. The number of morpholine rings is 1. The van der Waals surface area contributed by atoms with Crippen molar-refractivity contribution in [2.75, 3.05) is 53.6 Å². The molecule has 0 atom stereocenters. The van der Waals surface area contributed by atoms with Crippen molar-refractivity contribution < 1.29 is 18.7 Å². The Bertz CT molecular complexity index is 789. The van der Waals surface area contributed by atoms with Gasteiger partial charge in [0.2, 0.25) is 17.7 Å². The normalized spacial score (nSPS) is 14.6. The number of ether oxygens (including phenoxy) is 2. The van der Waals surface area contributed by atoms with Crippen molar-refractivity contribution in [1.29, 1.82) is 0 Å². The van der Waals surface area contributed by atoms with Crippen LogP contribution in [0.25, 0.3) is 0 Å². The summed E-state index contributed by atoms with van der Waals surface area (Å²) in [6.45, 7) is 5.33. The van der Waals surface area contributed by atoms with Crippen LogP contribution in [0.2, 0.25) is 0 Å². The van der Waals surface area contributed by atoms with Gasteiger partial charge in [0.1, 0.15) is 5.75 Å². The van der Waals surface area contributed by atoms with Gasteiger partial charge in [0.15, 0.2) is 0 Å². The summed E-state index contributed by atoms with van der Waals surface area (Å²) >= 11 is 0. The quantitative estimate of drug-likeness (QED) is 0.554. The van der Waals surface area contributed by atoms with Crippen LogP contribution in [0.4, 0.5) is 0 Å². The Labute approximate surface area is 178 Å². The average Bonchev–Trinajstić information content (AvgIpc) is 3.24. The van der Waals surface area contributed by atoms with E-state index in [1.165, 1.54) is 0 Å². The molecule has 0 saturated carbocycles. The van der Waals surface area contributed by atoms with Gasteiger partial charge in [-0.3, -0.25) is 9.69 Å². The lowest BCUT2D eigenvalue weighted by Crippen LogP contribution is -2.38. The maximum Gasteiger partial charge on any atom is 0.222 e. The highest BCUT2D eigenvalue weighted by Gasteiger charge is 2.14. The Morgan fingerprint density at radius 3 is 2.63 bits per heavy atom. The Kier molecular flexibility index (Phi) is 8.65. The van der Waals surface area contributed by atoms with Crippen molar-refractivity contribution in [1.82, 2.24) is 20.0 Å². The van der Waals surface area contributed by atoms with Gasteiger partial charge in [0, 0.05) is 52.5 Å². The Morgan fingerprint density at radius 2 is 1.87 bits per heavy atom. The van der Waals surface area contributed by atoms with Gasteiger partial charge in [0.25, 0.3) is 0 Å². The summed E-state index contributed by atoms with van der Waals surface area (Å²) in [4.78, 5) is 16.5. The minimum atomic E-state index is 0.103. The maximum atomic E-state index is 12.4. The number of amides is 1. The summed E-state index contributed by atoms with van der Waals surface area (Å²) in [7, 11) is 3.52. The van der Waals surface area contributed by atoms with Crippen molar-refractivity contribution in [2.24, 2.45) is 0 Å². The number of para-hydroxylation sites is 1. The molecule has 8 nitrogen and oxygen atoms in total. The molecule has 0 unspecified atom stereocenters. The SMILES string of the molecule is COc1ccccc1CCc1nnc(CCC(=O)N(C)CCCN2CCOCC2)o1. The van der Waals surface area contributed by atoms with E-state index in [1.54, 1.807) is 12.0 Å². The molecule has 1 aromatic carbocycles. The minimum absolute atomic E-state index is 0.103. The van der Waals surface area contributed by atoms with E-state index in [0.717, 1.165) is 63.5 Å². The number of benzene rings is 1. The van der Waals surface area contributed by atoms with Crippen LogP contribution in [0, 0.1) is 0 Å². The molecule has 1 aromatic heterocycles. The van der Waals surface area contributed by atoms with E-state index in [9.17, 15) is 4.79 Å². The van der Waals surface area contributed by atoms with Gasteiger partial charge in [-0.15, -0.1) is 10.2 Å². The highest BCUT2D eigenvalue weighted by atomic mass is 16.5. The van der Waals surface area contributed by atoms with Crippen LogP contribution in [-0.2, 0) is 28.8 Å². The first-order chi connectivity index (χ1) is 14.7. The summed E-state index contributed by atoms with van der Waals surface area (Å²) in [5.74, 6) is 2.06. The number of methoxy groups -OCH3 is 1. The molecule has 0 radical (unpaired) electrons. The van der Waals surface area contributed by atoms with E-state index < -0.39 is 0 Å². The van der Waals surface area contributed by atoms with Crippen molar-refractivity contribution in [2.45, 2.75) is 32.1 Å². The first-order valence-corrected chi connectivity index (χ1v) is 10.6. The zero-order chi connectivity index (χ0) is 21.2. The second kappa shape index (κ2) is 11.7. The van der Waals surface area contributed by atoms with Crippen LogP contribution in [0.5, 0.6) is 5.75 Å². The number of hydrogen-bond acceptors (Lipinski definition) is 7. The van der Waals surface area contributed by atoms with Crippen LogP contribution in [0.15, 0.2) is 28.7 Å². The molecule has 0 N–H and O–H groups in total. The van der Waals surface area contributed by atoms with Gasteiger partial charge in [-0.2, -0.15) is 0 Å². The number of carbonyl (C=O) groups excluding carboxylic acids is 1. The minimum Gasteiger partial charge on any atom is -0.496 e. The van der Waals surface area contributed by atoms with Gasteiger partial charge in [0.05, 0.1) is 20.3 Å². The molecule has 1 saturated heterocycles. The molecule has 3 rings (SSSR count). The largest absolute Gasteiger partial charge is 0.496 e. The van der Waals surface area contributed by atoms with E-state index in [-0.39, 0.29) is 5.91 Å².